The molecule has 1 heterocycles. The first kappa shape index (κ1) is 13.7. The topological polar surface area (TPSA) is 98.6 Å². The summed E-state index contributed by atoms with van der Waals surface area (Å²) in [6, 6.07) is 1.78. The largest absolute Gasteiger partial charge is 0.349 e. The molecule has 1 atom stereocenters. The summed E-state index contributed by atoms with van der Waals surface area (Å²) in [6.45, 7) is 2.00. The smallest absolute Gasteiger partial charge is 0.227 e. The van der Waals surface area contributed by atoms with Crippen LogP contribution < -0.4 is 4.72 Å². The van der Waals surface area contributed by atoms with E-state index in [2.05, 4.69) is 14.7 Å². The molecule has 1 aromatic heterocycles. The minimum absolute atomic E-state index is 0.296. The molecule has 6 nitrogen and oxygen atoms in total. The summed E-state index contributed by atoms with van der Waals surface area (Å²) in [4.78, 5) is 6.97. The third kappa shape index (κ3) is 4.17. The van der Waals surface area contributed by atoms with Crippen LogP contribution in [0.1, 0.15) is 25.6 Å². The number of nitrogens with one attached hydrogen (secondary N) is 2. The van der Waals surface area contributed by atoms with Gasteiger partial charge in [0.05, 0.1) is 6.07 Å². The van der Waals surface area contributed by atoms with E-state index >= 15 is 0 Å². The van der Waals surface area contributed by atoms with E-state index in [4.69, 9.17) is 5.26 Å². The van der Waals surface area contributed by atoms with Crippen molar-refractivity contribution >= 4 is 10.0 Å². The maximum Gasteiger partial charge on any atom is 0.227 e. The fourth-order valence-electron chi connectivity index (χ4n) is 1.39. The lowest BCUT2D eigenvalue weighted by Crippen LogP contribution is -2.33. The fraction of sp³-hybridized carbons (Fsp3) is 0.600. The molecule has 0 radical (unpaired) electrons. The van der Waals surface area contributed by atoms with E-state index in [9.17, 15) is 8.42 Å². The first-order chi connectivity index (χ1) is 8.10. The minimum Gasteiger partial charge on any atom is -0.349 e. The SMILES string of the molecule is CCC(C#N)S(=O)(=O)NCCCc1ncc[nH]1. The van der Waals surface area contributed by atoms with Gasteiger partial charge in [-0.3, -0.25) is 0 Å². The molecular formula is C10H16N4O2S. The number of sulfonamides is 1. The van der Waals surface area contributed by atoms with Crippen LogP contribution in [-0.2, 0) is 16.4 Å². The summed E-state index contributed by atoms with van der Waals surface area (Å²) < 4.78 is 25.6. The van der Waals surface area contributed by atoms with Crippen molar-refractivity contribution in [3.63, 3.8) is 0 Å². The van der Waals surface area contributed by atoms with Gasteiger partial charge in [-0.15, -0.1) is 0 Å². The molecule has 1 rings (SSSR count). The molecule has 0 amide bonds. The summed E-state index contributed by atoms with van der Waals surface area (Å²) in [7, 11) is -3.51. The minimum atomic E-state index is -3.51. The summed E-state index contributed by atoms with van der Waals surface area (Å²) in [5.74, 6) is 0.830. The van der Waals surface area contributed by atoms with Crippen LogP contribution in [-0.4, -0.2) is 30.2 Å². The zero-order valence-electron chi connectivity index (χ0n) is 9.68. The average molecular weight is 256 g/mol. The number of nitriles is 1. The molecule has 0 aliphatic carbocycles. The standard InChI is InChI=1S/C10H16N4O2S/c1-2-9(8-11)17(15,16)14-5-3-4-10-12-6-7-13-10/h6-7,9,14H,2-5H2,1H3,(H,12,13). The summed E-state index contributed by atoms with van der Waals surface area (Å²) in [5, 5.41) is 7.72. The number of aromatic amines is 1. The van der Waals surface area contributed by atoms with Gasteiger partial charge in [0.1, 0.15) is 5.82 Å². The zero-order chi connectivity index (χ0) is 12.7. The van der Waals surface area contributed by atoms with Crippen molar-refractivity contribution in [3.05, 3.63) is 18.2 Å². The van der Waals surface area contributed by atoms with E-state index in [1.165, 1.54) is 0 Å². The molecule has 17 heavy (non-hydrogen) atoms. The number of hydrogen-bond donors (Lipinski definition) is 2. The van der Waals surface area contributed by atoms with Crippen LogP contribution in [0.25, 0.3) is 0 Å². The van der Waals surface area contributed by atoms with Crippen molar-refractivity contribution in [2.45, 2.75) is 31.4 Å². The highest BCUT2D eigenvalue weighted by Crippen LogP contribution is 2.03. The van der Waals surface area contributed by atoms with E-state index in [0.29, 0.717) is 25.8 Å². The molecule has 0 aliphatic heterocycles. The Morgan fingerprint density at radius 1 is 1.65 bits per heavy atom. The Morgan fingerprint density at radius 3 is 2.94 bits per heavy atom. The Morgan fingerprint density at radius 2 is 2.41 bits per heavy atom. The Bertz CT molecular complexity index is 461. The van der Waals surface area contributed by atoms with Gasteiger partial charge in [0.25, 0.3) is 0 Å². The van der Waals surface area contributed by atoms with Gasteiger partial charge in [-0.1, -0.05) is 6.92 Å². The molecule has 94 valence electrons. The van der Waals surface area contributed by atoms with Gasteiger partial charge in [0.2, 0.25) is 10.0 Å². The van der Waals surface area contributed by atoms with Crippen LogP contribution in [0.15, 0.2) is 12.4 Å². The zero-order valence-corrected chi connectivity index (χ0v) is 10.5. The summed E-state index contributed by atoms with van der Waals surface area (Å²) in [6.07, 6.45) is 5.00. The number of hydrogen-bond acceptors (Lipinski definition) is 4. The monoisotopic (exact) mass is 256 g/mol. The number of H-pyrrole nitrogens is 1. The molecule has 7 heteroatoms. The Balaban J connectivity index is 2.33. The Labute approximate surface area is 101 Å². The van der Waals surface area contributed by atoms with Gasteiger partial charge in [0, 0.05) is 25.4 Å². The molecule has 0 aliphatic rings. The van der Waals surface area contributed by atoms with E-state index in [-0.39, 0.29) is 0 Å². The van der Waals surface area contributed by atoms with Crippen molar-refractivity contribution in [1.29, 1.82) is 5.26 Å². The summed E-state index contributed by atoms with van der Waals surface area (Å²) >= 11 is 0. The quantitative estimate of drug-likeness (QED) is 0.696. The predicted octanol–water partition coefficient (Wildman–Crippen LogP) is 0.564. The second-order valence-corrected chi connectivity index (χ2v) is 5.55. The number of rotatable bonds is 7. The van der Waals surface area contributed by atoms with Crippen molar-refractivity contribution in [2.75, 3.05) is 6.54 Å². The Hall–Kier alpha value is -1.39. The normalized spacial score (nSPS) is 13.2. The third-order valence-corrected chi connectivity index (χ3v) is 4.13. The van der Waals surface area contributed by atoms with Crippen LogP contribution in [0.4, 0.5) is 0 Å². The summed E-state index contributed by atoms with van der Waals surface area (Å²) in [5.41, 5.74) is 0. The van der Waals surface area contributed by atoms with E-state index in [1.807, 2.05) is 0 Å². The van der Waals surface area contributed by atoms with Gasteiger partial charge in [-0.05, 0) is 12.8 Å². The van der Waals surface area contributed by atoms with Crippen LogP contribution in [0.2, 0.25) is 0 Å². The van der Waals surface area contributed by atoms with Crippen molar-refractivity contribution in [2.24, 2.45) is 0 Å². The second kappa shape index (κ2) is 6.37. The predicted molar refractivity (Wildman–Crippen MR) is 63.5 cm³/mol. The maximum absolute atomic E-state index is 11.6. The van der Waals surface area contributed by atoms with Crippen LogP contribution in [0.5, 0.6) is 0 Å². The van der Waals surface area contributed by atoms with E-state index < -0.39 is 15.3 Å². The first-order valence-corrected chi connectivity index (χ1v) is 7.01. The number of aryl methyl sites for hydroxylation is 1. The van der Waals surface area contributed by atoms with E-state index in [0.717, 1.165) is 5.82 Å². The lowest BCUT2D eigenvalue weighted by molar-refractivity contribution is 0.569. The highest BCUT2D eigenvalue weighted by Gasteiger charge is 2.22. The molecular weight excluding hydrogens is 240 g/mol. The molecule has 0 aromatic carbocycles. The number of nitrogens with zero attached hydrogens (tertiary/aromatic N) is 2. The molecule has 0 saturated carbocycles. The second-order valence-electron chi connectivity index (χ2n) is 3.60. The Kier molecular flexibility index (Phi) is 5.12. The first-order valence-electron chi connectivity index (χ1n) is 5.46. The van der Waals surface area contributed by atoms with Crippen LogP contribution in [0, 0.1) is 11.3 Å². The van der Waals surface area contributed by atoms with E-state index in [1.54, 1.807) is 25.4 Å². The lowest BCUT2D eigenvalue weighted by atomic mass is 10.3. The van der Waals surface area contributed by atoms with Gasteiger partial charge >= 0.3 is 0 Å². The van der Waals surface area contributed by atoms with Crippen molar-refractivity contribution in [3.8, 4) is 6.07 Å². The average Bonchev–Trinajstić information content (AvgIpc) is 2.78. The number of imidazole rings is 1. The van der Waals surface area contributed by atoms with Crippen molar-refractivity contribution in [1.82, 2.24) is 14.7 Å². The van der Waals surface area contributed by atoms with Gasteiger partial charge in [-0.25, -0.2) is 18.1 Å². The third-order valence-electron chi connectivity index (χ3n) is 2.34. The molecule has 0 bridgehead atoms. The molecule has 0 fully saturated rings. The van der Waals surface area contributed by atoms with Gasteiger partial charge in [0.15, 0.2) is 5.25 Å². The van der Waals surface area contributed by atoms with Gasteiger partial charge < -0.3 is 4.98 Å². The fourth-order valence-corrected chi connectivity index (χ4v) is 2.59. The molecule has 2 N–H and O–H groups in total. The van der Waals surface area contributed by atoms with Gasteiger partial charge in [-0.2, -0.15) is 5.26 Å². The lowest BCUT2D eigenvalue weighted by Gasteiger charge is -2.09. The number of aromatic nitrogens is 2. The highest BCUT2D eigenvalue weighted by molar-refractivity contribution is 7.90. The molecule has 1 unspecified atom stereocenters. The van der Waals surface area contributed by atoms with Crippen LogP contribution >= 0.6 is 0 Å². The molecule has 0 spiro atoms. The van der Waals surface area contributed by atoms with Crippen molar-refractivity contribution < 1.29 is 8.42 Å². The maximum atomic E-state index is 11.6. The van der Waals surface area contributed by atoms with Crippen LogP contribution in [0.3, 0.4) is 0 Å². The molecule has 0 saturated heterocycles. The highest BCUT2D eigenvalue weighted by atomic mass is 32.2. The molecule has 1 aromatic rings.